The Morgan fingerprint density at radius 2 is 2.00 bits per heavy atom. The number of aromatic carboxylic acids is 1. The second kappa shape index (κ2) is 9.52. The minimum Gasteiger partial charge on any atom is -0.544 e. The van der Waals surface area contributed by atoms with Gasteiger partial charge in [0, 0.05) is 12.1 Å². The van der Waals surface area contributed by atoms with Crippen LogP contribution in [0.5, 0.6) is 5.75 Å². The smallest absolute Gasteiger partial charge is 0.227 e. The number of unbranched alkanes of at least 4 members (excludes halogenated alkanes) is 1. The number of amides is 1. The number of carboxylic acids is 1. The van der Waals surface area contributed by atoms with Crippen molar-refractivity contribution in [2.75, 3.05) is 6.61 Å². The van der Waals surface area contributed by atoms with Gasteiger partial charge in [-0.15, -0.1) is 11.3 Å². The van der Waals surface area contributed by atoms with Crippen molar-refractivity contribution in [3.63, 3.8) is 0 Å². The summed E-state index contributed by atoms with van der Waals surface area (Å²) in [6.45, 7) is 4.65. The van der Waals surface area contributed by atoms with Crippen LogP contribution in [0.15, 0.2) is 36.4 Å². The fraction of sp³-hybridized carbons (Fsp3) is 0.318. The van der Waals surface area contributed by atoms with Crippen molar-refractivity contribution in [2.45, 2.75) is 39.7 Å². The summed E-state index contributed by atoms with van der Waals surface area (Å²) in [4.78, 5) is 27.7. The van der Waals surface area contributed by atoms with E-state index in [1.54, 1.807) is 6.92 Å². The van der Waals surface area contributed by atoms with Crippen molar-refractivity contribution in [3.8, 4) is 5.75 Å². The standard InChI is InChI=1S/C22H24N2O4S/c1-3-4-11-28-18-10-9-15-7-5-6-8-16(15)17(18)13-23-19(25)12-20-24-14(2)21(29-20)22(26)27/h5-10H,3-4,11-13H2,1-2H3,(H,23,25)(H,26,27)/p-1. The molecule has 1 amide bonds. The number of nitrogens with one attached hydrogen (secondary N) is 1. The number of aromatic nitrogens is 1. The number of carboxylic acid groups (broad SMARTS) is 1. The number of rotatable bonds is 9. The van der Waals surface area contributed by atoms with Crippen molar-refractivity contribution in [1.82, 2.24) is 10.3 Å². The van der Waals surface area contributed by atoms with Crippen molar-refractivity contribution in [2.24, 2.45) is 0 Å². The summed E-state index contributed by atoms with van der Waals surface area (Å²) in [6, 6.07) is 11.9. The fourth-order valence-corrected chi connectivity index (χ4v) is 3.96. The Morgan fingerprint density at radius 1 is 1.21 bits per heavy atom. The summed E-state index contributed by atoms with van der Waals surface area (Å²) >= 11 is 0.978. The topological polar surface area (TPSA) is 91.3 Å². The van der Waals surface area contributed by atoms with Gasteiger partial charge in [-0.1, -0.05) is 43.7 Å². The number of ether oxygens (including phenoxy) is 1. The molecular weight excluding hydrogens is 388 g/mol. The zero-order valence-corrected chi connectivity index (χ0v) is 17.3. The molecule has 29 heavy (non-hydrogen) atoms. The molecule has 2 aromatic carbocycles. The van der Waals surface area contributed by atoms with E-state index in [0.29, 0.717) is 23.9 Å². The quantitative estimate of drug-likeness (QED) is 0.547. The summed E-state index contributed by atoms with van der Waals surface area (Å²) in [6.07, 6.45) is 2.03. The fourth-order valence-electron chi connectivity index (χ4n) is 3.06. The molecule has 1 N–H and O–H groups in total. The number of thiazole rings is 1. The van der Waals surface area contributed by atoms with Crippen LogP contribution in [0.3, 0.4) is 0 Å². The van der Waals surface area contributed by atoms with E-state index in [9.17, 15) is 14.7 Å². The molecule has 0 aliphatic carbocycles. The molecule has 0 bridgehead atoms. The van der Waals surface area contributed by atoms with Gasteiger partial charge in [-0.05, 0) is 30.2 Å². The first-order valence-electron chi connectivity index (χ1n) is 9.57. The molecule has 0 radical (unpaired) electrons. The van der Waals surface area contributed by atoms with Crippen LogP contribution in [0, 0.1) is 6.92 Å². The molecule has 0 saturated heterocycles. The SMILES string of the molecule is CCCCOc1ccc2ccccc2c1CNC(=O)Cc1nc(C)c(C(=O)[O-])s1. The van der Waals surface area contributed by atoms with Crippen LogP contribution in [-0.2, 0) is 17.8 Å². The minimum atomic E-state index is -1.27. The molecule has 0 atom stereocenters. The van der Waals surface area contributed by atoms with Crippen LogP contribution < -0.4 is 15.2 Å². The van der Waals surface area contributed by atoms with Gasteiger partial charge in [0.25, 0.3) is 0 Å². The van der Waals surface area contributed by atoms with Crippen molar-refractivity contribution in [1.29, 1.82) is 0 Å². The molecule has 1 heterocycles. The molecule has 0 aliphatic heterocycles. The first-order valence-corrected chi connectivity index (χ1v) is 10.4. The van der Waals surface area contributed by atoms with E-state index in [1.807, 2.05) is 36.4 Å². The summed E-state index contributed by atoms with van der Waals surface area (Å²) in [7, 11) is 0. The van der Waals surface area contributed by atoms with Gasteiger partial charge >= 0.3 is 0 Å². The molecule has 3 aromatic rings. The Kier molecular flexibility index (Phi) is 6.82. The highest BCUT2D eigenvalue weighted by atomic mass is 32.1. The third-order valence-electron chi connectivity index (χ3n) is 4.55. The average Bonchev–Trinajstić information content (AvgIpc) is 3.07. The monoisotopic (exact) mass is 411 g/mol. The molecule has 1 aromatic heterocycles. The highest BCUT2D eigenvalue weighted by Crippen LogP contribution is 2.28. The molecule has 0 spiro atoms. The Balaban J connectivity index is 1.74. The van der Waals surface area contributed by atoms with Gasteiger partial charge in [0.15, 0.2) is 0 Å². The number of nitrogens with zero attached hydrogens (tertiary/aromatic N) is 1. The molecule has 0 aliphatic rings. The Morgan fingerprint density at radius 3 is 2.72 bits per heavy atom. The number of carbonyl (C=O) groups excluding carboxylic acids is 2. The lowest BCUT2D eigenvalue weighted by atomic mass is 10.0. The minimum absolute atomic E-state index is 0.0234. The van der Waals surface area contributed by atoms with Crippen LogP contribution in [0.4, 0.5) is 0 Å². The summed E-state index contributed by atoms with van der Waals surface area (Å²) < 4.78 is 5.95. The van der Waals surface area contributed by atoms with Gasteiger partial charge in [-0.2, -0.15) is 0 Å². The molecule has 3 rings (SSSR count). The first kappa shape index (κ1) is 20.8. The Hall–Kier alpha value is -2.93. The predicted molar refractivity (Wildman–Crippen MR) is 111 cm³/mol. The van der Waals surface area contributed by atoms with E-state index in [4.69, 9.17) is 4.74 Å². The normalized spacial score (nSPS) is 10.8. The Bertz CT molecular complexity index is 1030. The molecule has 0 saturated carbocycles. The maximum Gasteiger partial charge on any atom is 0.227 e. The maximum atomic E-state index is 12.4. The zero-order chi connectivity index (χ0) is 20.8. The van der Waals surface area contributed by atoms with Crippen LogP contribution in [0.25, 0.3) is 10.8 Å². The van der Waals surface area contributed by atoms with Crippen molar-refractivity contribution < 1.29 is 19.4 Å². The van der Waals surface area contributed by atoms with E-state index in [0.717, 1.165) is 46.3 Å². The highest BCUT2D eigenvalue weighted by Gasteiger charge is 2.14. The second-order valence-electron chi connectivity index (χ2n) is 6.73. The molecule has 0 unspecified atom stereocenters. The van der Waals surface area contributed by atoms with Crippen molar-refractivity contribution >= 4 is 34.0 Å². The maximum absolute atomic E-state index is 12.4. The van der Waals surface area contributed by atoms with Gasteiger partial charge in [0.1, 0.15) is 10.8 Å². The second-order valence-corrected chi connectivity index (χ2v) is 7.81. The third-order valence-corrected chi connectivity index (χ3v) is 5.69. The van der Waals surface area contributed by atoms with E-state index in [1.165, 1.54) is 0 Å². The Labute approximate surface area is 173 Å². The third kappa shape index (κ3) is 5.12. The molecule has 6 nitrogen and oxygen atoms in total. The van der Waals surface area contributed by atoms with E-state index in [-0.39, 0.29) is 17.2 Å². The number of hydrogen-bond acceptors (Lipinski definition) is 6. The number of carbonyl (C=O) groups is 2. The molecular formula is C22H23N2O4S-. The van der Waals surface area contributed by atoms with Gasteiger partial charge in [-0.3, -0.25) is 4.79 Å². The summed E-state index contributed by atoms with van der Waals surface area (Å²) in [5.74, 6) is -0.728. The lowest BCUT2D eigenvalue weighted by Crippen LogP contribution is -2.25. The lowest BCUT2D eigenvalue weighted by Gasteiger charge is -2.15. The molecule has 7 heteroatoms. The van der Waals surface area contributed by atoms with Gasteiger partial charge < -0.3 is 20.0 Å². The van der Waals surface area contributed by atoms with Gasteiger partial charge in [-0.25, -0.2) is 4.98 Å². The summed E-state index contributed by atoms with van der Waals surface area (Å²) in [5, 5.41) is 16.5. The largest absolute Gasteiger partial charge is 0.544 e. The van der Waals surface area contributed by atoms with E-state index >= 15 is 0 Å². The number of benzene rings is 2. The molecule has 0 fully saturated rings. The highest BCUT2D eigenvalue weighted by molar-refractivity contribution is 7.13. The first-order chi connectivity index (χ1) is 14.0. The van der Waals surface area contributed by atoms with E-state index in [2.05, 4.69) is 17.2 Å². The van der Waals surface area contributed by atoms with Crippen molar-refractivity contribution in [3.05, 3.63) is 57.5 Å². The number of hydrogen-bond donors (Lipinski definition) is 1. The summed E-state index contributed by atoms with van der Waals surface area (Å²) in [5.41, 5.74) is 1.30. The predicted octanol–water partition coefficient (Wildman–Crippen LogP) is 3.01. The van der Waals surface area contributed by atoms with Crippen LogP contribution >= 0.6 is 11.3 Å². The van der Waals surface area contributed by atoms with Gasteiger partial charge in [0.2, 0.25) is 5.91 Å². The van der Waals surface area contributed by atoms with Crippen LogP contribution in [0.2, 0.25) is 0 Å². The van der Waals surface area contributed by atoms with Crippen LogP contribution in [0.1, 0.15) is 45.7 Å². The number of aryl methyl sites for hydroxylation is 1. The average molecular weight is 412 g/mol. The lowest BCUT2D eigenvalue weighted by molar-refractivity contribution is -0.254. The molecule has 152 valence electrons. The van der Waals surface area contributed by atoms with E-state index < -0.39 is 5.97 Å². The zero-order valence-electron chi connectivity index (χ0n) is 16.5. The van der Waals surface area contributed by atoms with Gasteiger partial charge in [0.05, 0.1) is 29.6 Å². The van der Waals surface area contributed by atoms with Crippen LogP contribution in [-0.4, -0.2) is 23.5 Å². The number of fused-ring (bicyclic) bond motifs is 1.